The minimum atomic E-state index is 0. The average molecular weight is 430 g/mol. The van der Waals surface area contributed by atoms with Gasteiger partial charge in [-0.3, -0.25) is 0 Å². The number of rotatable bonds is 2. The number of fused-ring (bicyclic) bond motifs is 1. The van der Waals surface area contributed by atoms with Crippen LogP contribution in [-0.2, 0) is 0 Å². The van der Waals surface area contributed by atoms with Gasteiger partial charge in [0.2, 0.25) is 0 Å². The highest BCUT2D eigenvalue weighted by molar-refractivity contribution is 8.93. The van der Waals surface area contributed by atoms with Gasteiger partial charge in [0.15, 0.2) is 5.13 Å². The van der Waals surface area contributed by atoms with Crippen LogP contribution in [0.1, 0.15) is 12.8 Å². The Hall–Kier alpha value is 0.120. The molecule has 19 heavy (non-hydrogen) atoms. The number of nitrogens with one attached hydrogen (secondary N) is 2. The first kappa shape index (κ1) is 17.2. The fourth-order valence-corrected chi connectivity index (χ4v) is 3.32. The smallest absolute Gasteiger partial charge is 0.184 e. The second-order valence-electron chi connectivity index (χ2n) is 4.30. The maximum atomic E-state index is 5.97. The van der Waals surface area contributed by atoms with Crippen molar-refractivity contribution in [3.63, 3.8) is 0 Å². The molecule has 0 radical (unpaired) electrons. The predicted molar refractivity (Wildman–Crippen MR) is 94.8 cm³/mol. The molecule has 0 spiro atoms. The molecule has 1 saturated heterocycles. The van der Waals surface area contributed by atoms with Crippen molar-refractivity contribution in [3.05, 3.63) is 23.2 Å². The number of thiazole rings is 1. The van der Waals surface area contributed by atoms with Gasteiger partial charge in [0, 0.05) is 11.1 Å². The monoisotopic (exact) mass is 427 g/mol. The lowest BCUT2D eigenvalue weighted by atomic mass is 10.1. The molecule has 0 unspecified atom stereocenters. The van der Waals surface area contributed by atoms with E-state index in [0.717, 1.165) is 46.3 Å². The number of hydrogen-bond acceptors (Lipinski definition) is 4. The molecule has 2 aromatic rings. The van der Waals surface area contributed by atoms with Crippen LogP contribution < -0.4 is 10.6 Å². The van der Waals surface area contributed by atoms with Crippen molar-refractivity contribution in [2.24, 2.45) is 0 Å². The molecule has 3 nitrogen and oxygen atoms in total. The van der Waals surface area contributed by atoms with Crippen LogP contribution in [0.2, 0.25) is 5.02 Å². The van der Waals surface area contributed by atoms with Gasteiger partial charge in [0.1, 0.15) is 0 Å². The molecule has 0 saturated carbocycles. The number of hydrogen-bond donors (Lipinski definition) is 2. The van der Waals surface area contributed by atoms with Gasteiger partial charge in [0.25, 0.3) is 0 Å². The van der Waals surface area contributed by atoms with Crippen LogP contribution in [0.5, 0.6) is 0 Å². The van der Waals surface area contributed by atoms with Crippen molar-refractivity contribution in [3.8, 4) is 0 Å². The number of piperidine rings is 1. The summed E-state index contributed by atoms with van der Waals surface area (Å²) in [6.45, 7) is 2.18. The SMILES string of the molecule is Br.Br.Clc1ccc2nc(NC3CCNCC3)sc2c1. The molecule has 1 aromatic heterocycles. The molecule has 0 bridgehead atoms. The minimum Gasteiger partial charge on any atom is -0.359 e. The van der Waals surface area contributed by atoms with Crippen LogP contribution in [-0.4, -0.2) is 24.1 Å². The van der Waals surface area contributed by atoms with Gasteiger partial charge in [-0.1, -0.05) is 22.9 Å². The Morgan fingerprint density at radius 2 is 2.00 bits per heavy atom. The number of halogens is 3. The Labute approximate surface area is 142 Å². The summed E-state index contributed by atoms with van der Waals surface area (Å²) in [7, 11) is 0. The Morgan fingerprint density at radius 3 is 2.74 bits per heavy atom. The molecule has 1 aromatic carbocycles. The van der Waals surface area contributed by atoms with Crippen molar-refractivity contribution in [2.75, 3.05) is 18.4 Å². The Kier molecular flexibility index (Phi) is 7.04. The van der Waals surface area contributed by atoms with Gasteiger partial charge in [-0.05, 0) is 44.1 Å². The number of aromatic nitrogens is 1. The van der Waals surface area contributed by atoms with Crippen molar-refractivity contribution in [2.45, 2.75) is 18.9 Å². The van der Waals surface area contributed by atoms with Crippen molar-refractivity contribution < 1.29 is 0 Å². The number of anilines is 1. The third kappa shape index (κ3) is 4.29. The molecule has 2 heterocycles. The van der Waals surface area contributed by atoms with Gasteiger partial charge in [-0.2, -0.15) is 0 Å². The zero-order valence-electron chi connectivity index (χ0n) is 10.2. The molecule has 106 valence electrons. The lowest BCUT2D eigenvalue weighted by molar-refractivity contribution is 0.479. The van der Waals surface area contributed by atoms with Crippen LogP contribution in [0.25, 0.3) is 10.2 Å². The first-order chi connectivity index (χ1) is 8.31. The highest BCUT2D eigenvalue weighted by Gasteiger charge is 2.14. The largest absolute Gasteiger partial charge is 0.359 e. The van der Waals surface area contributed by atoms with E-state index in [2.05, 4.69) is 15.6 Å². The van der Waals surface area contributed by atoms with Crippen LogP contribution >= 0.6 is 56.9 Å². The van der Waals surface area contributed by atoms with Crippen LogP contribution in [0.4, 0.5) is 5.13 Å². The Balaban J connectivity index is 0.000000902. The molecule has 1 aliphatic heterocycles. The molecule has 1 fully saturated rings. The zero-order chi connectivity index (χ0) is 11.7. The second-order valence-corrected chi connectivity index (χ2v) is 5.77. The summed E-state index contributed by atoms with van der Waals surface area (Å²) < 4.78 is 1.15. The first-order valence-corrected chi connectivity index (χ1v) is 7.04. The molecule has 0 aliphatic carbocycles. The highest BCUT2D eigenvalue weighted by Crippen LogP contribution is 2.29. The Bertz CT molecular complexity index is 529. The number of nitrogens with zero attached hydrogens (tertiary/aromatic N) is 1. The quantitative estimate of drug-likeness (QED) is 0.749. The van der Waals surface area contributed by atoms with E-state index in [1.54, 1.807) is 11.3 Å². The lowest BCUT2D eigenvalue weighted by Crippen LogP contribution is -2.35. The summed E-state index contributed by atoms with van der Waals surface area (Å²) >= 11 is 7.65. The third-order valence-corrected chi connectivity index (χ3v) is 4.20. The molecule has 1 aliphatic rings. The molecule has 2 N–H and O–H groups in total. The van der Waals surface area contributed by atoms with Gasteiger partial charge in [0.05, 0.1) is 10.2 Å². The second kappa shape index (κ2) is 7.78. The van der Waals surface area contributed by atoms with E-state index in [1.807, 2.05) is 18.2 Å². The fourth-order valence-electron chi connectivity index (χ4n) is 2.10. The lowest BCUT2D eigenvalue weighted by Gasteiger charge is -2.23. The topological polar surface area (TPSA) is 37.0 Å². The summed E-state index contributed by atoms with van der Waals surface area (Å²) in [5, 5.41) is 8.66. The van der Waals surface area contributed by atoms with Crippen molar-refractivity contribution in [1.82, 2.24) is 10.3 Å². The molecule has 0 atom stereocenters. The van der Waals surface area contributed by atoms with Crippen molar-refractivity contribution >= 4 is 72.2 Å². The average Bonchev–Trinajstić information content (AvgIpc) is 2.71. The molecular formula is C12H16Br2ClN3S. The maximum absolute atomic E-state index is 5.97. The number of benzene rings is 1. The summed E-state index contributed by atoms with van der Waals surface area (Å²) in [4.78, 5) is 4.58. The van der Waals surface area contributed by atoms with E-state index in [-0.39, 0.29) is 34.0 Å². The van der Waals surface area contributed by atoms with Gasteiger partial charge < -0.3 is 10.6 Å². The standard InChI is InChI=1S/C12H14ClN3S.2BrH/c13-8-1-2-10-11(7-8)17-12(16-10)15-9-3-5-14-6-4-9;;/h1-2,7,9,14H,3-6H2,(H,15,16);2*1H. The predicted octanol–water partition coefficient (Wildman–Crippen LogP) is 4.27. The summed E-state index contributed by atoms with van der Waals surface area (Å²) in [6, 6.07) is 6.38. The third-order valence-electron chi connectivity index (χ3n) is 3.02. The van der Waals surface area contributed by atoms with Gasteiger partial charge in [-0.15, -0.1) is 34.0 Å². The highest BCUT2D eigenvalue weighted by atomic mass is 79.9. The van der Waals surface area contributed by atoms with Crippen LogP contribution in [0, 0.1) is 0 Å². The summed E-state index contributed by atoms with van der Waals surface area (Å²) in [6.07, 6.45) is 2.33. The van der Waals surface area contributed by atoms with Crippen LogP contribution in [0.15, 0.2) is 18.2 Å². The van der Waals surface area contributed by atoms with E-state index < -0.39 is 0 Å². The minimum absolute atomic E-state index is 0. The zero-order valence-corrected chi connectivity index (χ0v) is 15.2. The maximum Gasteiger partial charge on any atom is 0.184 e. The van der Waals surface area contributed by atoms with E-state index in [4.69, 9.17) is 11.6 Å². The first-order valence-electron chi connectivity index (χ1n) is 5.84. The summed E-state index contributed by atoms with van der Waals surface area (Å²) in [5.74, 6) is 0. The molecule has 7 heteroatoms. The summed E-state index contributed by atoms with van der Waals surface area (Å²) in [5.41, 5.74) is 1.02. The fraction of sp³-hybridized carbons (Fsp3) is 0.417. The van der Waals surface area contributed by atoms with Gasteiger partial charge in [-0.25, -0.2) is 4.98 Å². The molecular weight excluding hydrogens is 413 g/mol. The van der Waals surface area contributed by atoms with Crippen LogP contribution in [0.3, 0.4) is 0 Å². The van der Waals surface area contributed by atoms with E-state index in [9.17, 15) is 0 Å². The van der Waals surface area contributed by atoms with E-state index in [0.29, 0.717) is 6.04 Å². The molecule has 0 amide bonds. The van der Waals surface area contributed by atoms with E-state index >= 15 is 0 Å². The van der Waals surface area contributed by atoms with Crippen molar-refractivity contribution in [1.29, 1.82) is 0 Å². The molecule has 3 rings (SSSR count). The Morgan fingerprint density at radius 1 is 1.26 bits per heavy atom. The van der Waals surface area contributed by atoms with Gasteiger partial charge >= 0.3 is 0 Å². The normalized spacial score (nSPS) is 15.6. The van der Waals surface area contributed by atoms with E-state index in [1.165, 1.54) is 0 Å².